The van der Waals surface area contributed by atoms with Gasteiger partial charge in [0, 0.05) is 23.7 Å². The first kappa shape index (κ1) is 16.0. The Labute approximate surface area is 131 Å². The van der Waals surface area contributed by atoms with E-state index in [-0.39, 0.29) is 0 Å². The zero-order valence-electron chi connectivity index (χ0n) is 12.5. The Morgan fingerprint density at radius 3 is 2.33 bits per heavy atom. The van der Waals surface area contributed by atoms with E-state index in [1.54, 1.807) is 6.07 Å². The van der Waals surface area contributed by atoms with Crippen molar-refractivity contribution in [3.63, 3.8) is 0 Å². The maximum atomic E-state index is 10.1. The SMILES string of the molecule is CC(C)c1ccc(CNCC(O)c2ccccc2Cl)cc1. The van der Waals surface area contributed by atoms with Crippen LogP contribution in [0.3, 0.4) is 0 Å². The van der Waals surface area contributed by atoms with Gasteiger partial charge in [-0.25, -0.2) is 0 Å². The van der Waals surface area contributed by atoms with Crippen LogP contribution in [0.5, 0.6) is 0 Å². The molecule has 0 saturated carbocycles. The Morgan fingerprint density at radius 1 is 1.05 bits per heavy atom. The van der Waals surface area contributed by atoms with Crippen molar-refractivity contribution in [2.45, 2.75) is 32.4 Å². The van der Waals surface area contributed by atoms with Crippen LogP contribution >= 0.6 is 11.6 Å². The Balaban J connectivity index is 1.85. The summed E-state index contributed by atoms with van der Waals surface area (Å²) >= 11 is 6.07. The van der Waals surface area contributed by atoms with Gasteiger partial charge in [0.25, 0.3) is 0 Å². The van der Waals surface area contributed by atoms with Crippen LogP contribution in [0.4, 0.5) is 0 Å². The summed E-state index contributed by atoms with van der Waals surface area (Å²) in [7, 11) is 0. The maximum absolute atomic E-state index is 10.1. The molecule has 0 spiro atoms. The van der Waals surface area contributed by atoms with Gasteiger partial charge in [0.2, 0.25) is 0 Å². The molecule has 2 rings (SSSR count). The van der Waals surface area contributed by atoms with Crippen LogP contribution in [-0.2, 0) is 6.54 Å². The van der Waals surface area contributed by atoms with Crippen molar-refractivity contribution in [3.05, 3.63) is 70.2 Å². The van der Waals surface area contributed by atoms with E-state index in [2.05, 4.69) is 43.4 Å². The third-order valence-corrected chi connectivity index (χ3v) is 3.92. The van der Waals surface area contributed by atoms with Crippen LogP contribution in [0.25, 0.3) is 0 Å². The lowest BCUT2D eigenvalue weighted by molar-refractivity contribution is 0.174. The van der Waals surface area contributed by atoms with Crippen LogP contribution in [0.2, 0.25) is 5.02 Å². The summed E-state index contributed by atoms with van der Waals surface area (Å²) in [6, 6.07) is 16.0. The number of hydrogen-bond donors (Lipinski definition) is 2. The van der Waals surface area contributed by atoms with E-state index in [0.717, 1.165) is 12.1 Å². The molecule has 0 aliphatic carbocycles. The fourth-order valence-electron chi connectivity index (χ4n) is 2.23. The van der Waals surface area contributed by atoms with E-state index >= 15 is 0 Å². The summed E-state index contributed by atoms with van der Waals surface area (Å²) < 4.78 is 0. The Bertz CT molecular complexity index is 566. The average molecular weight is 304 g/mol. The minimum Gasteiger partial charge on any atom is -0.387 e. The van der Waals surface area contributed by atoms with Gasteiger partial charge in [-0.1, -0.05) is 67.9 Å². The average Bonchev–Trinajstić information content (AvgIpc) is 2.48. The third-order valence-electron chi connectivity index (χ3n) is 3.58. The molecule has 1 atom stereocenters. The van der Waals surface area contributed by atoms with Crippen molar-refractivity contribution in [3.8, 4) is 0 Å². The zero-order valence-corrected chi connectivity index (χ0v) is 13.3. The lowest BCUT2D eigenvalue weighted by Gasteiger charge is -2.14. The molecule has 21 heavy (non-hydrogen) atoms. The highest BCUT2D eigenvalue weighted by molar-refractivity contribution is 6.31. The van der Waals surface area contributed by atoms with Gasteiger partial charge in [-0.3, -0.25) is 0 Å². The first-order chi connectivity index (χ1) is 10.1. The van der Waals surface area contributed by atoms with Gasteiger partial charge in [0.05, 0.1) is 6.10 Å². The van der Waals surface area contributed by atoms with Crippen LogP contribution < -0.4 is 5.32 Å². The highest BCUT2D eigenvalue weighted by Gasteiger charge is 2.10. The molecule has 0 amide bonds. The molecule has 2 N–H and O–H groups in total. The second kappa shape index (κ2) is 7.60. The summed E-state index contributed by atoms with van der Waals surface area (Å²) in [5.74, 6) is 0.550. The molecule has 112 valence electrons. The predicted molar refractivity (Wildman–Crippen MR) is 88.6 cm³/mol. The number of rotatable bonds is 6. The molecule has 0 saturated heterocycles. The fourth-order valence-corrected chi connectivity index (χ4v) is 2.49. The van der Waals surface area contributed by atoms with Crippen molar-refractivity contribution in [2.24, 2.45) is 0 Å². The van der Waals surface area contributed by atoms with Gasteiger partial charge >= 0.3 is 0 Å². The van der Waals surface area contributed by atoms with Crippen LogP contribution in [-0.4, -0.2) is 11.7 Å². The van der Waals surface area contributed by atoms with Crippen molar-refractivity contribution >= 4 is 11.6 Å². The summed E-state index contributed by atoms with van der Waals surface area (Å²) in [6.07, 6.45) is -0.589. The monoisotopic (exact) mass is 303 g/mol. The summed E-state index contributed by atoms with van der Waals surface area (Å²) in [5, 5.41) is 14.0. The van der Waals surface area contributed by atoms with Crippen molar-refractivity contribution in [2.75, 3.05) is 6.54 Å². The van der Waals surface area contributed by atoms with Crippen LogP contribution in [0, 0.1) is 0 Å². The molecular formula is C18H22ClNO. The van der Waals surface area contributed by atoms with Gasteiger partial charge in [0.1, 0.15) is 0 Å². The molecule has 0 radical (unpaired) electrons. The van der Waals surface area contributed by atoms with Gasteiger partial charge in [-0.15, -0.1) is 0 Å². The van der Waals surface area contributed by atoms with Crippen molar-refractivity contribution < 1.29 is 5.11 Å². The Hall–Kier alpha value is -1.35. The smallest absolute Gasteiger partial charge is 0.0928 e. The fraction of sp³-hybridized carbons (Fsp3) is 0.333. The van der Waals surface area contributed by atoms with Gasteiger partial charge in [0.15, 0.2) is 0 Å². The molecule has 3 heteroatoms. The zero-order chi connectivity index (χ0) is 15.2. The van der Waals surface area contributed by atoms with E-state index in [1.165, 1.54) is 11.1 Å². The normalized spacial score (nSPS) is 12.6. The minimum absolute atomic E-state index is 0.482. The predicted octanol–water partition coefficient (Wildman–Crippen LogP) is 4.29. The van der Waals surface area contributed by atoms with E-state index in [4.69, 9.17) is 11.6 Å². The minimum atomic E-state index is -0.589. The van der Waals surface area contributed by atoms with Crippen molar-refractivity contribution in [1.29, 1.82) is 0 Å². The number of halogens is 1. The quantitative estimate of drug-likeness (QED) is 0.834. The Morgan fingerprint density at radius 2 is 1.71 bits per heavy atom. The second-order valence-electron chi connectivity index (χ2n) is 5.56. The van der Waals surface area contributed by atoms with E-state index in [9.17, 15) is 5.11 Å². The van der Waals surface area contributed by atoms with E-state index < -0.39 is 6.10 Å². The molecule has 2 aromatic carbocycles. The summed E-state index contributed by atoms with van der Waals surface area (Å²) in [5.41, 5.74) is 3.32. The van der Waals surface area contributed by atoms with Gasteiger partial charge in [-0.2, -0.15) is 0 Å². The van der Waals surface area contributed by atoms with Crippen molar-refractivity contribution in [1.82, 2.24) is 5.32 Å². The first-order valence-electron chi connectivity index (χ1n) is 7.30. The molecule has 2 nitrogen and oxygen atoms in total. The highest BCUT2D eigenvalue weighted by Crippen LogP contribution is 2.22. The molecule has 0 fully saturated rings. The lowest BCUT2D eigenvalue weighted by atomic mass is 10.0. The molecule has 2 aromatic rings. The topological polar surface area (TPSA) is 32.3 Å². The maximum Gasteiger partial charge on any atom is 0.0928 e. The lowest BCUT2D eigenvalue weighted by Crippen LogP contribution is -2.21. The number of hydrogen-bond acceptors (Lipinski definition) is 2. The van der Waals surface area contributed by atoms with Crippen LogP contribution in [0.1, 0.15) is 42.6 Å². The highest BCUT2D eigenvalue weighted by atomic mass is 35.5. The van der Waals surface area contributed by atoms with E-state index in [1.807, 2.05) is 18.2 Å². The van der Waals surface area contributed by atoms with Gasteiger partial charge < -0.3 is 10.4 Å². The second-order valence-corrected chi connectivity index (χ2v) is 5.97. The molecule has 1 unspecified atom stereocenters. The summed E-state index contributed by atoms with van der Waals surface area (Å²) in [4.78, 5) is 0. The largest absolute Gasteiger partial charge is 0.387 e. The molecule has 0 heterocycles. The number of aliphatic hydroxyl groups is 1. The molecule has 0 aliphatic heterocycles. The van der Waals surface area contributed by atoms with Crippen LogP contribution in [0.15, 0.2) is 48.5 Å². The number of aliphatic hydroxyl groups excluding tert-OH is 1. The first-order valence-corrected chi connectivity index (χ1v) is 7.67. The third kappa shape index (κ3) is 4.57. The number of nitrogens with one attached hydrogen (secondary N) is 1. The van der Waals surface area contributed by atoms with E-state index in [0.29, 0.717) is 17.5 Å². The Kier molecular flexibility index (Phi) is 5.80. The summed E-state index contributed by atoms with van der Waals surface area (Å²) in [6.45, 7) is 5.59. The van der Waals surface area contributed by atoms with Gasteiger partial charge in [-0.05, 0) is 23.1 Å². The molecule has 0 aromatic heterocycles. The molecule has 0 bridgehead atoms. The standard InChI is InChI=1S/C18H22ClNO/c1-13(2)15-9-7-14(8-10-15)11-20-12-18(21)16-5-3-4-6-17(16)19/h3-10,13,18,20-21H,11-12H2,1-2H3. The molecule has 0 aliphatic rings. The molecular weight excluding hydrogens is 282 g/mol. The number of benzene rings is 2.